The van der Waals surface area contributed by atoms with E-state index in [1.165, 1.54) is 24.3 Å². The van der Waals surface area contributed by atoms with Gasteiger partial charge in [0, 0.05) is 17.3 Å². The lowest BCUT2D eigenvalue weighted by Crippen LogP contribution is -2.25. The molecule has 0 bridgehead atoms. The number of sulfonamides is 1. The Morgan fingerprint density at radius 3 is 2.27 bits per heavy atom. The van der Waals surface area contributed by atoms with Crippen molar-refractivity contribution in [3.05, 3.63) is 59.7 Å². The first kappa shape index (κ1) is 18.2. The van der Waals surface area contributed by atoms with Gasteiger partial charge in [-0.15, -0.1) is 0 Å². The van der Waals surface area contributed by atoms with E-state index in [2.05, 4.69) is 10.0 Å². The Kier molecular flexibility index (Phi) is 4.66. The van der Waals surface area contributed by atoms with E-state index in [0.29, 0.717) is 0 Å². The van der Waals surface area contributed by atoms with Crippen molar-refractivity contribution < 1.29 is 26.4 Å². The lowest BCUT2D eigenvalue weighted by molar-refractivity contribution is -0.137. The highest BCUT2D eigenvalue weighted by atomic mass is 32.2. The van der Waals surface area contributed by atoms with E-state index in [1.54, 1.807) is 0 Å². The van der Waals surface area contributed by atoms with Crippen LogP contribution in [0.25, 0.3) is 0 Å². The molecular formula is C17H15F3N2O3S. The van der Waals surface area contributed by atoms with Crippen molar-refractivity contribution >= 4 is 21.6 Å². The van der Waals surface area contributed by atoms with Crippen LogP contribution in [0, 0.1) is 0 Å². The predicted octanol–water partition coefficient (Wildman–Crippen LogP) is 3.40. The minimum absolute atomic E-state index is 0.00849. The summed E-state index contributed by atoms with van der Waals surface area (Å²) in [6.45, 7) is 0. The van der Waals surface area contributed by atoms with Gasteiger partial charge >= 0.3 is 6.18 Å². The first-order valence-electron chi connectivity index (χ1n) is 7.76. The molecular weight excluding hydrogens is 369 g/mol. The first-order chi connectivity index (χ1) is 12.1. The molecule has 9 heteroatoms. The average Bonchev–Trinajstić information content (AvgIpc) is 3.38. The van der Waals surface area contributed by atoms with Crippen LogP contribution in [0.1, 0.15) is 28.8 Å². The number of carbonyl (C=O) groups excluding carboxylic acids is 1. The third-order valence-corrected chi connectivity index (χ3v) is 5.16. The molecule has 138 valence electrons. The predicted molar refractivity (Wildman–Crippen MR) is 89.2 cm³/mol. The molecule has 0 aromatic heterocycles. The molecule has 26 heavy (non-hydrogen) atoms. The van der Waals surface area contributed by atoms with Crippen molar-refractivity contribution in [1.29, 1.82) is 0 Å². The zero-order valence-electron chi connectivity index (χ0n) is 13.4. The number of benzene rings is 2. The summed E-state index contributed by atoms with van der Waals surface area (Å²) >= 11 is 0. The first-order valence-corrected chi connectivity index (χ1v) is 9.24. The van der Waals surface area contributed by atoms with E-state index in [9.17, 15) is 26.4 Å². The molecule has 0 saturated heterocycles. The van der Waals surface area contributed by atoms with E-state index >= 15 is 0 Å². The lowest BCUT2D eigenvalue weighted by Gasteiger charge is -2.11. The minimum Gasteiger partial charge on any atom is -0.349 e. The molecule has 0 heterocycles. The van der Waals surface area contributed by atoms with Gasteiger partial charge in [-0.1, -0.05) is 6.07 Å². The summed E-state index contributed by atoms with van der Waals surface area (Å²) in [6, 6.07) is 9.23. The van der Waals surface area contributed by atoms with Crippen molar-refractivity contribution in [2.24, 2.45) is 0 Å². The summed E-state index contributed by atoms with van der Waals surface area (Å²) in [5, 5.41) is 2.76. The van der Waals surface area contributed by atoms with Crippen molar-refractivity contribution in [2.45, 2.75) is 30.0 Å². The summed E-state index contributed by atoms with van der Waals surface area (Å²) in [4.78, 5) is 11.9. The minimum atomic E-state index is -4.50. The molecule has 2 N–H and O–H groups in total. The molecule has 0 unspecified atom stereocenters. The summed E-state index contributed by atoms with van der Waals surface area (Å²) in [6.07, 6.45) is -2.70. The molecule has 0 spiro atoms. The molecule has 5 nitrogen and oxygen atoms in total. The second-order valence-corrected chi connectivity index (χ2v) is 7.64. The van der Waals surface area contributed by atoms with Gasteiger partial charge in [0.25, 0.3) is 15.9 Å². The summed E-state index contributed by atoms with van der Waals surface area (Å²) in [7, 11) is -4.04. The Bertz CT molecular complexity index is 921. The SMILES string of the molecule is O=C(NC1CC1)c1cccc(S(=O)(=O)Nc2ccc(C(F)(F)F)cc2)c1. The highest BCUT2D eigenvalue weighted by Crippen LogP contribution is 2.30. The van der Waals surface area contributed by atoms with Crippen LogP contribution in [0.4, 0.5) is 18.9 Å². The van der Waals surface area contributed by atoms with Gasteiger partial charge in [-0.2, -0.15) is 13.2 Å². The van der Waals surface area contributed by atoms with Crippen molar-refractivity contribution in [3.8, 4) is 0 Å². The fourth-order valence-electron chi connectivity index (χ4n) is 2.24. The molecule has 1 amide bonds. The number of anilines is 1. The van der Waals surface area contributed by atoms with E-state index < -0.39 is 21.8 Å². The van der Waals surface area contributed by atoms with Crippen molar-refractivity contribution in [2.75, 3.05) is 4.72 Å². The van der Waals surface area contributed by atoms with E-state index in [0.717, 1.165) is 37.1 Å². The van der Waals surface area contributed by atoms with Crippen LogP contribution >= 0.6 is 0 Å². The quantitative estimate of drug-likeness (QED) is 0.830. The highest BCUT2D eigenvalue weighted by molar-refractivity contribution is 7.92. The van der Waals surface area contributed by atoms with Gasteiger partial charge in [0.1, 0.15) is 0 Å². The van der Waals surface area contributed by atoms with Gasteiger partial charge in [-0.3, -0.25) is 9.52 Å². The maximum absolute atomic E-state index is 12.6. The molecule has 2 aromatic carbocycles. The van der Waals surface area contributed by atoms with Crippen LogP contribution in [0.2, 0.25) is 0 Å². The zero-order valence-corrected chi connectivity index (χ0v) is 14.2. The van der Waals surface area contributed by atoms with Crippen LogP contribution < -0.4 is 10.0 Å². The zero-order chi connectivity index (χ0) is 18.9. The molecule has 0 atom stereocenters. The van der Waals surface area contributed by atoms with Crippen molar-refractivity contribution in [1.82, 2.24) is 5.32 Å². The number of nitrogens with one attached hydrogen (secondary N) is 2. The maximum Gasteiger partial charge on any atom is 0.416 e. The molecule has 0 aliphatic heterocycles. The Labute approximate surface area is 148 Å². The third kappa shape index (κ3) is 4.34. The number of alkyl halides is 3. The second-order valence-electron chi connectivity index (χ2n) is 5.96. The van der Waals surface area contributed by atoms with Gasteiger partial charge in [0.15, 0.2) is 0 Å². The maximum atomic E-state index is 12.6. The average molecular weight is 384 g/mol. The van der Waals surface area contributed by atoms with Crippen LogP contribution in [0.5, 0.6) is 0 Å². The summed E-state index contributed by atoms with van der Waals surface area (Å²) < 4.78 is 64.7. The Morgan fingerprint density at radius 2 is 1.69 bits per heavy atom. The van der Waals surface area contributed by atoms with Crippen LogP contribution in [-0.2, 0) is 16.2 Å². The largest absolute Gasteiger partial charge is 0.416 e. The van der Waals surface area contributed by atoms with E-state index in [1.807, 2.05) is 0 Å². The monoisotopic (exact) mass is 384 g/mol. The topological polar surface area (TPSA) is 75.3 Å². The number of hydrogen-bond donors (Lipinski definition) is 2. The lowest BCUT2D eigenvalue weighted by atomic mass is 10.2. The fourth-order valence-corrected chi connectivity index (χ4v) is 3.35. The van der Waals surface area contributed by atoms with E-state index in [-0.39, 0.29) is 28.1 Å². The van der Waals surface area contributed by atoms with Crippen molar-refractivity contribution in [3.63, 3.8) is 0 Å². The molecule has 1 saturated carbocycles. The summed E-state index contributed by atoms with van der Waals surface area (Å²) in [5.74, 6) is -0.362. The number of carbonyl (C=O) groups is 1. The van der Waals surface area contributed by atoms with Gasteiger partial charge in [-0.05, 0) is 55.3 Å². The Balaban J connectivity index is 1.78. The molecule has 1 aliphatic rings. The molecule has 3 rings (SSSR count). The molecule has 0 radical (unpaired) electrons. The van der Waals surface area contributed by atoms with Gasteiger partial charge < -0.3 is 5.32 Å². The molecule has 1 aliphatic carbocycles. The van der Waals surface area contributed by atoms with Gasteiger partial charge in [0.05, 0.1) is 10.5 Å². The number of halogens is 3. The number of hydrogen-bond acceptors (Lipinski definition) is 3. The Hall–Kier alpha value is -2.55. The summed E-state index contributed by atoms with van der Waals surface area (Å²) in [5.41, 5.74) is -0.683. The number of rotatable bonds is 5. The fraction of sp³-hybridized carbons (Fsp3) is 0.235. The second kappa shape index (κ2) is 6.64. The van der Waals surface area contributed by atoms with Gasteiger partial charge in [0.2, 0.25) is 0 Å². The highest BCUT2D eigenvalue weighted by Gasteiger charge is 2.30. The standard InChI is InChI=1S/C17H15F3N2O3S/c18-17(19,20)12-4-6-14(7-5-12)22-26(24,25)15-3-1-2-11(10-15)16(23)21-13-8-9-13/h1-7,10,13,22H,8-9H2,(H,21,23). The normalized spacial score (nSPS) is 14.7. The van der Waals surface area contributed by atoms with Crippen LogP contribution in [0.15, 0.2) is 53.4 Å². The molecule has 2 aromatic rings. The van der Waals surface area contributed by atoms with E-state index in [4.69, 9.17) is 0 Å². The Morgan fingerprint density at radius 1 is 1.04 bits per heavy atom. The van der Waals surface area contributed by atoms with Crippen LogP contribution in [0.3, 0.4) is 0 Å². The third-order valence-electron chi connectivity index (χ3n) is 3.78. The smallest absolute Gasteiger partial charge is 0.349 e. The van der Waals surface area contributed by atoms with Gasteiger partial charge in [-0.25, -0.2) is 8.42 Å². The molecule has 1 fully saturated rings. The van der Waals surface area contributed by atoms with Crippen LogP contribution in [-0.4, -0.2) is 20.4 Å². The number of amides is 1.